The van der Waals surface area contributed by atoms with Crippen molar-refractivity contribution in [1.82, 2.24) is 25.2 Å². The number of carbonyl (C=O) groups is 3. The Kier molecular flexibility index (Phi) is 6.51. The summed E-state index contributed by atoms with van der Waals surface area (Å²) in [6.07, 6.45) is 0.178. The number of carbonyl (C=O) groups excluding carboxylic acids is 3. The summed E-state index contributed by atoms with van der Waals surface area (Å²) in [5.74, 6) is -1.80. The fourth-order valence-corrected chi connectivity index (χ4v) is 7.48. The van der Waals surface area contributed by atoms with E-state index in [9.17, 15) is 22.8 Å². The molecule has 0 unspecified atom stereocenters. The van der Waals surface area contributed by atoms with E-state index in [1.165, 1.54) is 13.1 Å². The van der Waals surface area contributed by atoms with Gasteiger partial charge in [0, 0.05) is 6.54 Å². The Morgan fingerprint density at radius 2 is 1.71 bits per heavy atom. The molecule has 2 aliphatic heterocycles. The predicted molar refractivity (Wildman–Crippen MR) is 135 cm³/mol. The van der Waals surface area contributed by atoms with Crippen LogP contribution in [-0.2, 0) is 30.7 Å². The lowest BCUT2D eigenvalue weighted by Gasteiger charge is -2.37. The number of esters is 1. The first-order chi connectivity index (χ1) is 18.2. The van der Waals surface area contributed by atoms with Gasteiger partial charge in [-0.1, -0.05) is 65.9 Å². The molecule has 0 spiro atoms. The molecule has 2 aromatic carbocycles. The van der Waals surface area contributed by atoms with Gasteiger partial charge in [-0.05, 0) is 25.0 Å². The van der Waals surface area contributed by atoms with E-state index >= 15 is 0 Å². The van der Waals surface area contributed by atoms with Gasteiger partial charge < -0.3 is 15.0 Å². The van der Waals surface area contributed by atoms with Crippen molar-refractivity contribution in [1.29, 1.82) is 0 Å². The fraction of sp³-hybridized carbons (Fsp3) is 0.346. The summed E-state index contributed by atoms with van der Waals surface area (Å²) in [7, 11) is -4.07. The number of benzene rings is 2. The molecule has 198 valence electrons. The Balaban J connectivity index is 1.54. The molecule has 38 heavy (non-hydrogen) atoms. The van der Waals surface area contributed by atoms with Gasteiger partial charge in [-0.25, -0.2) is 17.9 Å². The second-order valence-electron chi connectivity index (χ2n) is 9.49. The van der Waals surface area contributed by atoms with Crippen LogP contribution in [0, 0.1) is 0 Å². The number of nitrogens with one attached hydrogen (secondary N) is 1. The minimum Gasteiger partial charge on any atom is -0.451 e. The molecule has 12 heteroatoms. The van der Waals surface area contributed by atoms with Gasteiger partial charge in [0.2, 0.25) is 5.91 Å². The van der Waals surface area contributed by atoms with Crippen LogP contribution in [-0.4, -0.2) is 68.8 Å². The summed E-state index contributed by atoms with van der Waals surface area (Å²) < 4.78 is 32.8. The molecule has 1 N–H and O–H groups in total. The highest BCUT2D eigenvalue weighted by Gasteiger charge is 2.70. The average Bonchev–Trinajstić information content (AvgIpc) is 3.42. The van der Waals surface area contributed by atoms with E-state index in [0.717, 1.165) is 9.58 Å². The molecule has 2 fully saturated rings. The molecule has 2 amide bonds. The van der Waals surface area contributed by atoms with E-state index in [4.69, 9.17) is 4.74 Å². The van der Waals surface area contributed by atoms with Crippen molar-refractivity contribution in [3.63, 3.8) is 0 Å². The highest BCUT2D eigenvalue weighted by Crippen LogP contribution is 2.47. The van der Waals surface area contributed by atoms with Crippen molar-refractivity contribution in [3.05, 3.63) is 83.7 Å². The van der Waals surface area contributed by atoms with E-state index in [0.29, 0.717) is 17.7 Å². The Morgan fingerprint density at radius 1 is 1.11 bits per heavy atom. The molecule has 5 rings (SSSR count). The van der Waals surface area contributed by atoms with Gasteiger partial charge in [-0.3, -0.25) is 9.59 Å². The minimum atomic E-state index is -4.07. The van der Waals surface area contributed by atoms with E-state index in [2.05, 4.69) is 15.6 Å². The lowest BCUT2D eigenvalue weighted by molar-refractivity contribution is -0.164. The smallest absolute Gasteiger partial charge is 0.331 e. The summed E-state index contributed by atoms with van der Waals surface area (Å²) >= 11 is 0. The molecule has 0 radical (unpaired) electrons. The number of fused-ring (bicyclic) bond motifs is 1. The number of hydrogen-bond acceptors (Lipinski definition) is 8. The van der Waals surface area contributed by atoms with E-state index in [1.54, 1.807) is 31.2 Å². The molecule has 3 aromatic rings. The van der Waals surface area contributed by atoms with Crippen molar-refractivity contribution < 1.29 is 27.5 Å². The first kappa shape index (κ1) is 25.6. The molecular weight excluding hydrogens is 510 g/mol. The third-order valence-electron chi connectivity index (χ3n) is 7.13. The molecule has 0 saturated carbocycles. The van der Waals surface area contributed by atoms with Crippen LogP contribution in [0.5, 0.6) is 0 Å². The molecule has 2 saturated heterocycles. The number of hydrogen-bond donors (Lipinski definition) is 1. The number of nitrogens with zero attached hydrogens (tertiary/aromatic N) is 4. The Hall–Kier alpha value is -4.06. The predicted octanol–water partition coefficient (Wildman–Crippen LogP) is 1.47. The van der Waals surface area contributed by atoms with Crippen LogP contribution in [0.4, 0.5) is 0 Å². The number of aromatic nitrogens is 3. The maximum Gasteiger partial charge on any atom is 0.331 e. The minimum absolute atomic E-state index is 0.0439. The van der Waals surface area contributed by atoms with Gasteiger partial charge in [0.15, 0.2) is 22.0 Å². The van der Waals surface area contributed by atoms with Crippen LogP contribution >= 0.6 is 0 Å². The number of ether oxygens (including phenoxy) is 1. The maximum atomic E-state index is 13.9. The summed E-state index contributed by atoms with van der Waals surface area (Å²) in [6.45, 7) is 3.11. The van der Waals surface area contributed by atoms with Crippen LogP contribution in [0.2, 0.25) is 0 Å². The zero-order valence-corrected chi connectivity index (χ0v) is 21.7. The molecule has 11 nitrogen and oxygen atoms in total. The van der Waals surface area contributed by atoms with Gasteiger partial charge in [0.25, 0.3) is 5.91 Å². The lowest BCUT2D eigenvalue weighted by Crippen LogP contribution is -2.58. The molecule has 1 aromatic heterocycles. The normalized spacial score (nSPS) is 23.6. The summed E-state index contributed by atoms with van der Waals surface area (Å²) in [5, 5.41) is 9.17. The standard InChI is InChI=1S/C26H27N5O6S/c1-3-27-24(33)19-15-28-29-30(19)16-26(2)23(31-20(32)14-21(31)38(26,35)36)25(34)37-22(17-10-6-4-7-11-17)18-12-8-5-9-13-18/h4-13,15,21-23H,3,14,16H2,1-2H3,(H,27,33)/t21-,23-,26-/m0/s1. The Morgan fingerprint density at radius 3 is 2.26 bits per heavy atom. The van der Waals surface area contributed by atoms with E-state index in [-0.39, 0.29) is 18.7 Å². The first-order valence-electron chi connectivity index (χ1n) is 12.2. The van der Waals surface area contributed by atoms with Crippen LogP contribution in [0.25, 0.3) is 0 Å². The number of amides is 2. The van der Waals surface area contributed by atoms with Gasteiger partial charge in [-0.15, -0.1) is 5.10 Å². The average molecular weight is 538 g/mol. The van der Waals surface area contributed by atoms with Crippen LogP contribution in [0.15, 0.2) is 66.9 Å². The van der Waals surface area contributed by atoms with Crippen LogP contribution in [0.3, 0.4) is 0 Å². The van der Waals surface area contributed by atoms with E-state index < -0.39 is 49.9 Å². The van der Waals surface area contributed by atoms with Crippen molar-refractivity contribution >= 4 is 27.6 Å². The number of β-lactam (4-membered cyclic amide) rings is 1. The zero-order valence-electron chi connectivity index (χ0n) is 20.9. The summed E-state index contributed by atoms with van der Waals surface area (Å²) in [5.41, 5.74) is 1.43. The topological polar surface area (TPSA) is 141 Å². The van der Waals surface area contributed by atoms with Crippen molar-refractivity contribution in [2.75, 3.05) is 6.54 Å². The molecule has 0 aliphatic carbocycles. The van der Waals surface area contributed by atoms with Crippen LogP contribution in [0.1, 0.15) is 48.0 Å². The third kappa shape index (κ3) is 4.05. The molecule has 2 aliphatic rings. The SMILES string of the molecule is CCNC(=O)c1cnnn1C[C@@]1(C)[C@H](C(=O)OC(c2ccccc2)c2ccccc2)N2C(=O)C[C@@H]2S1(=O)=O. The third-order valence-corrected chi connectivity index (χ3v) is 9.89. The number of sulfone groups is 1. The first-order valence-corrected chi connectivity index (χ1v) is 13.8. The van der Waals surface area contributed by atoms with Gasteiger partial charge >= 0.3 is 5.97 Å². The fourth-order valence-electron chi connectivity index (χ4n) is 5.13. The highest BCUT2D eigenvalue weighted by molar-refractivity contribution is 7.93. The largest absolute Gasteiger partial charge is 0.451 e. The number of rotatable bonds is 8. The molecule has 3 heterocycles. The molecule has 3 atom stereocenters. The second-order valence-corrected chi connectivity index (χ2v) is 12.1. The summed E-state index contributed by atoms with van der Waals surface area (Å²) in [6, 6.07) is 16.7. The quantitative estimate of drug-likeness (QED) is 0.337. The van der Waals surface area contributed by atoms with E-state index in [1.807, 2.05) is 36.4 Å². The van der Waals surface area contributed by atoms with Crippen molar-refractivity contribution in [3.8, 4) is 0 Å². The lowest BCUT2D eigenvalue weighted by atomic mass is 9.95. The monoisotopic (exact) mass is 537 g/mol. The van der Waals surface area contributed by atoms with Crippen LogP contribution < -0.4 is 5.32 Å². The van der Waals surface area contributed by atoms with Crippen molar-refractivity contribution in [2.45, 2.75) is 49.1 Å². The molecule has 0 bridgehead atoms. The maximum absolute atomic E-state index is 13.9. The molecular formula is C26H27N5O6S. The zero-order chi connectivity index (χ0) is 27.1. The Bertz CT molecular complexity index is 1440. The Labute approximate surface area is 219 Å². The van der Waals surface area contributed by atoms with Gasteiger partial charge in [-0.2, -0.15) is 0 Å². The van der Waals surface area contributed by atoms with Gasteiger partial charge in [0.1, 0.15) is 15.8 Å². The second kappa shape index (κ2) is 9.67. The van der Waals surface area contributed by atoms with Crippen molar-refractivity contribution in [2.24, 2.45) is 0 Å². The highest BCUT2D eigenvalue weighted by atomic mass is 32.2. The summed E-state index contributed by atoms with van der Waals surface area (Å²) in [4.78, 5) is 40.1. The van der Waals surface area contributed by atoms with Gasteiger partial charge in [0.05, 0.1) is 19.2 Å².